The topological polar surface area (TPSA) is 51.8 Å². The SMILES string of the molecule is CCc1nc(N)ccc1-c1cccc2ccncc12. The maximum atomic E-state index is 5.77. The summed E-state index contributed by atoms with van der Waals surface area (Å²) in [6.45, 7) is 2.09. The van der Waals surface area contributed by atoms with Crippen molar-refractivity contribution in [2.24, 2.45) is 0 Å². The van der Waals surface area contributed by atoms with Crippen LogP contribution in [0, 0.1) is 0 Å². The first kappa shape index (κ1) is 11.7. The molecule has 2 heterocycles. The molecule has 19 heavy (non-hydrogen) atoms. The van der Waals surface area contributed by atoms with Gasteiger partial charge in [-0.2, -0.15) is 0 Å². The summed E-state index contributed by atoms with van der Waals surface area (Å²) in [5, 5.41) is 2.33. The quantitative estimate of drug-likeness (QED) is 0.757. The molecule has 0 atom stereocenters. The highest BCUT2D eigenvalue weighted by Gasteiger charge is 2.09. The van der Waals surface area contributed by atoms with E-state index >= 15 is 0 Å². The summed E-state index contributed by atoms with van der Waals surface area (Å²) >= 11 is 0. The Labute approximate surface area is 112 Å². The predicted octanol–water partition coefficient (Wildman–Crippen LogP) is 3.44. The molecule has 0 radical (unpaired) electrons. The lowest BCUT2D eigenvalue weighted by molar-refractivity contribution is 1.05. The van der Waals surface area contributed by atoms with Crippen LogP contribution in [0.4, 0.5) is 5.82 Å². The summed E-state index contributed by atoms with van der Waals surface area (Å²) in [5.41, 5.74) is 9.09. The molecule has 2 aromatic heterocycles. The normalized spacial score (nSPS) is 10.8. The molecule has 0 spiro atoms. The second-order valence-electron chi connectivity index (χ2n) is 4.49. The molecule has 0 unspecified atom stereocenters. The molecular formula is C16H15N3. The number of nitrogens with zero attached hydrogens (tertiary/aromatic N) is 2. The number of nitrogen functional groups attached to an aromatic ring is 1. The van der Waals surface area contributed by atoms with Crippen molar-refractivity contribution < 1.29 is 0 Å². The Hall–Kier alpha value is -2.42. The Morgan fingerprint density at radius 1 is 1.05 bits per heavy atom. The zero-order chi connectivity index (χ0) is 13.2. The van der Waals surface area contributed by atoms with Gasteiger partial charge in [0.05, 0.1) is 5.69 Å². The van der Waals surface area contributed by atoms with E-state index in [1.54, 1.807) is 0 Å². The van der Waals surface area contributed by atoms with E-state index in [9.17, 15) is 0 Å². The minimum atomic E-state index is 0.568. The number of pyridine rings is 2. The van der Waals surface area contributed by atoms with Gasteiger partial charge in [0.25, 0.3) is 0 Å². The Balaban J connectivity index is 2.30. The third-order valence-electron chi connectivity index (χ3n) is 3.30. The fourth-order valence-corrected chi connectivity index (χ4v) is 2.38. The molecule has 0 saturated heterocycles. The van der Waals surface area contributed by atoms with Gasteiger partial charge in [0.1, 0.15) is 5.82 Å². The molecule has 94 valence electrons. The minimum absolute atomic E-state index is 0.568. The number of nitrogens with two attached hydrogens (primary N) is 1. The molecule has 2 N–H and O–H groups in total. The Morgan fingerprint density at radius 3 is 2.79 bits per heavy atom. The van der Waals surface area contributed by atoms with E-state index in [2.05, 4.69) is 35.1 Å². The third-order valence-corrected chi connectivity index (χ3v) is 3.30. The summed E-state index contributed by atoms with van der Waals surface area (Å²) in [6, 6.07) is 12.2. The van der Waals surface area contributed by atoms with Crippen LogP contribution in [0.25, 0.3) is 21.9 Å². The molecule has 0 bridgehead atoms. The number of benzene rings is 1. The van der Waals surface area contributed by atoms with Crippen molar-refractivity contribution in [3.63, 3.8) is 0 Å². The van der Waals surface area contributed by atoms with E-state index in [1.807, 2.05) is 30.6 Å². The van der Waals surface area contributed by atoms with Gasteiger partial charge in [0.15, 0.2) is 0 Å². The van der Waals surface area contributed by atoms with Crippen LogP contribution >= 0.6 is 0 Å². The average molecular weight is 249 g/mol. The maximum absolute atomic E-state index is 5.77. The maximum Gasteiger partial charge on any atom is 0.123 e. The lowest BCUT2D eigenvalue weighted by Gasteiger charge is -2.10. The zero-order valence-corrected chi connectivity index (χ0v) is 10.8. The lowest BCUT2D eigenvalue weighted by atomic mass is 9.97. The van der Waals surface area contributed by atoms with Crippen molar-refractivity contribution in [3.8, 4) is 11.1 Å². The number of rotatable bonds is 2. The minimum Gasteiger partial charge on any atom is -0.384 e. The van der Waals surface area contributed by atoms with E-state index in [0.717, 1.165) is 28.6 Å². The molecule has 0 aliphatic carbocycles. The second kappa shape index (κ2) is 4.69. The zero-order valence-electron chi connectivity index (χ0n) is 10.8. The smallest absolute Gasteiger partial charge is 0.123 e. The summed E-state index contributed by atoms with van der Waals surface area (Å²) < 4.78 is 0. The second-order valence-corrected chi connectivity index (χ2v) is 4.49. The highest BCUT2D eigenvalue weighted by molar-refractivity contribution is 5.96. The van der Waals surface area contributed by atoms with Gasteiger partial charge in [0, 0.05) is 23.3 Å². The number of hydrogen-bond acceptors (Lipinski definition) is 3. The standard InChI is InChI=1S/C16H15N3/c1-2-15-13(6-7-16(17)19-15)12-5-3-4-11-8-9-18-10-14(11)12/h3-10H,2H2,1H3,(H2,17,19). The summed E-state index contributed by atoms with van der Waals surface area (Å²) in [7, 11) is 0. The summed E-state index contributed by atoms with van der Waals surface area (Å²) in [4.78, 5) is 8.66. The fraction of sp³-hybridized carbons (Fsp3) is 0.125. The van der Waals surface area contributed by atoms with E-state index in [0.29, 0.717) is 5.82 Å². The highest BCUT2D eigenvalue weighted by Crippen LogP contribution is 2.30. The van der Waals surface area contributed by atoms with Gasteiger partial charge in [-0.3, -0.25) is 4.98 Å². The van der Waals surface area contributed by atoms with Crippen LogP contribution in [-0.2, 0) is 6.42 Å². The first-order valence-electron chi connectivity index (χ1n) is 6.38. The molecule has 0 aliphatic heterocycles. The van der Waals surface area contributed by atoms with Crippen LogP contribution in [0.3, 0.4) is 0 Å². The lowest BCUT2D eigenvalue weighted by Crippen LogP contribution is -1.97. The van der Waals surface area contributed by atoms with Crippen LogP contribution in [0.2, 0.25) is 0 Å². The predicted molar refractivity (Wildman–Crippen MR) is 78.8 cm³/mol. The summed E-state index contributed by atoms with van der Waals surface area (Å²) in [6.07, 6.45) is 4.57. The Bertz CT molecular complexity index is 730. The summed E-state index contributed by atoms with van der Waals surface area (Å²) in [5.74, 6) is 0.568. The van der Waals surface area contributed by atoms with Crippen LogP contribution in [0.15, 0.2) is 48.8 Å². The molecule has 3 nitrogen and oxygen atoms in total. The van der Waals surface area contributed by atoms with E-state index in [4.69, 9.17) is 5.73 Å². The van der Waals surface area contributed by atoms with Crippen molar-refractivity contribution in [2.75, 3.05) is 5.73 Å². The largest absolute Gasteiger partial charge is 0.384 e. The van der Waals surface area contributed by atoms with Gasteiger partial charge in [0.2, 0.25) is 0 Å². The molecule has 3 rings (SSSR count). The van der Waals surface area contributed by atoms with Gasteiger partial charge in [-0.05, 0) is 35.6 Å². The van der Waals surface area contributed by atoms with Crippen LogP contribution in [0.1, 0.15) is 12.6 Å². The number of aromatic nitrogens is 2. The van der Waals surface area contributed by atoms with E-state index in [1.165, 1.54) is 5.39 Å². The fourth-order valence-electron chi connectivity index (χ4n) is 2.38. The molecule has 3 heteroatoms. The molecular weight excluding hydrogens is 234 g/mol. The number of hydrogen-bond donors (Lipinski definition) is 1. The van der Waals surface area contributed by atoms with Gasteiger partial charge < -0.3 is 5.73 Å². The average Bonchev–Trinajstić information content (AvgIpc) is 2.46. The van der Waals surface area contributed by atoms with Crippen molar-refractivity contribution in [1.29, 1.82) is 0 Å². The third kappa shape index (κ3) is 2.03. The molecule has 0 fully saturated rings. The Morgan fingerprint density at radius 2 is 1.95 bits per heavy atom. The van der Waals surface area contributed by atoms with Crippen molar-refractivity contribution in [2.45, 2.75) is 13.3 Å². The highest BCUT2D eigenvalue weighted by atomic mass is 14.8. The van der Waals surface area contributed by atoms with Gasteiger partial charge >= 0.3 is 0 Å². The van der Waals surface area contributed by atoms with Crippen molar-refractivity contribution >= 4 is 16.6 Å². The Kier molecular flexibility index (Phi) is 2.88. The van der Waals surface area contributed by atoms with E-state index in [-0.39, 0.29) is 0 Å². The number of anilines is 1. The van der Waals surface area contributed by atoms with Crippen LogP contribution in [0.5, 0.6) is 0 Å². The van der Waals surface area contributed by atoms with Gasteiger partial charge in [-0.1, -0.05) is 25.1 Å². The molecule has 0 aliphatic rings. The molecule has 1 aromatic carbocycles. The first-order valence-corrected chi connectivity index (χ1v) is 6.38. The first-order chi connectivity index (χ1) is 9.29. The number of fused-ring (bicyclic) bond motifs is 1. The molecule has 0 amide bonds. The monoisotopic (exact) mass is 249 g/mol. The van der Waals surface area contributed by atoms with Crippen LogP contribution < -0.4 is 5.73 Å². The molecule has 0 saturated carbocycles. The van der Waals surface area contributed by atoms with Gasteiger partial charge in [-0.25, -0.2) is 4.98 Å². The van der Waals surface area contributed by atoms with Gasteiger partial charge in [-0.15, -0.1) is 0 Å². The number of aryl methyl sites for hydroxylation is 1. The molecule has 3 aromatic rings. The van der Waals surface area contributed by atoms with E-state index < -0.39 is 0 Å². The van der Waals surface area contributed by atoms with Crippen molar-refractivity contribution in [3.05, 3.63) is 54.5 Å². The van der Waals surface area contributed by atoms with Crippen LogP contribution in [-0.4, -0.2) is 9.97 Å². The van der Waals surface area contributed by atoms with Crippen molar-refractivity contribution in [1.82, 2.24) is 9.97 Å².